The molecule has 0 radical (unpaired) electrons. The predicted octanol–water partition coefficient (Wildman–Crippen LogP) is 16.0. The molecule has 1 aromatic rings. The van der Waals surface area contributed by atoms with Crippen LogP contribution >= 0.6 is 0 Å². The third-order valence-electron chi connectivity index (χ3n) is 14.3. The molecule has 0 bridgehead atoms. The lowest BCUT2D eigenvalue weighted by atomic mass is 9.76. The maximum Gasteiger partial charge on any atom is 0.494 e. The first-order valence-corrected chi connectivity index (χ1v) is 31.6. The Balaban J connectivity index is -0.000000221. The van der Waals surface area contributed by atoms with Crippen LogP contribution in [-0.2, 0) is 28.6 Å². The third kappa shape index (κ3) is 45.8. The molecule has 0 amide bonds. The average molecular weight is 1220 g/mol. The van der Waals surface area contributed by atoms with Gasteiger partial charge in [-0.15, -0.1) is 6.42 Å². The van der Waals surface area contributed by atoms with Crippen LogP contribution in [-0.4, -0.2) is 89.6 Å². The van der Waals surface area contributed by atoms with Crippen LogP contribution in [0.25, 0.3) is 0 Å². The summed E-state index contributed by atoms with van der Waals surface area (Å²) in [5.41, 5.74) is 0.893. The van der Waals surface area contributed by atoms with Gasteiger partial charge in [-0.25, -0.2) is 9.78 Å². The first kappa shape index (κ1) is 75.3. The Hall–Kier alpha value is -4.68. The SMILES string of the molecule is C#CC#CC#CC#CC#CC#CC#CC#CC#COc1ccc(B2OC(C)CC(CC(CC)OOCCC[N+](C)(C)CC(COCCCCCCCCCCCCCCCC)OCCCCCCCCCCCCCCCC)O2)cc1.[Br-].[HH].[HH].[HH].[HH].[HH].[HH].[HH].[HH].[HH].[HH].[HH].[HH].[HH].[HH].[HH].[HH].[HH].[HH]. The fraction of sp³-hybridized carbons (Fsp3) is 0.667. The molecule has 10 heteroatoms. The van der Waals surface area contributed by atoms with Crippen LogP contribution in [0.1, 0.15) is 259 Å². The highest BCUT2D eigenvalue weighted by molar-refractivity contribution is 6.61. The first-order valence-electron chi connectivity index (χ1n) is 31.6. The van der Waals surface area contributed by atoms with Gasteiger partial charge in [0.25, 0.3) is 0 Å². The Morgan fingerprint density at radius 3 is 1.45 bits per heavy atom. The van der Waals surface area contributed by atoms with Gasteiger partial charge in [-0.3, -0.25) is 0 Å². The monoisotopic (exact) mass is 1220 g/mol. The number of hydrogen-bond donors (Lipinski definition) is 0. The number of unbranched alkanes of at least 4 members (excludes halogenated alkanes) is 26. The molecule has 0 spiro atoms. The number of benzene rings is 1. The van der Waals surface area contributed by atoms with E-state index in [1.165, 1.54) is 167 Å². The molecule has 0 saturated carbocycles. The van der Waals surface area contributed by atoms with E-state index in [2.05, 4.69) is 143 Å². The molecule has 1 aliphatic heterocycles. The lowest BCUT2D eigenvalue weighted by molar-refractivity contribution is -0.893. The van der Waals surface area contributed by atoms with Gasteiger partial charge >= 0.3 is 7.12 Å². The van der Waals surface area contributed by atoms with Gasteiger partial charge in [0.1, 0.15) is 24.5 Å². The van der Waals surface area contributed by atoms with E-state index in [-0.39, 0.29) is 67.1 Å². The van der Waals surface area contributed by atoms with Crippen molar-refractivity contribution in [2.24, 2.45) is 0 Å². The summed E-state index contributed by atoms with van der Waals surface area (Å²) < 4.78 is 32.0. The summed E-state index contributed by atoms with van der Waals surface area (Å²) in [5, 5.41) is 0. The average Bonchev–Trinajstić information content (AvgIpc) is 0.843. The van der Waals surface area contributed by atoms with E-state index in [1.807, 2.05) is 24.3 Å². The fourth-order valence-corrected chi connectivity index (χ4v) is 9.67. The number of likely N-dealkylation sites (N-methyl/N-ethyl adjacent to an activating group) is 1. The van der Waals surface area contributed by atoms with Crippen LogP contribution < -0.4 is 27.2 Å². The zero-order valence-corrected chi connectivity index (χ0v) is 53.4. The standard InChI is InChI=1S/C72H103BNO7.BrH.18H2/c1-8-12-15-18-21-24-27-30-33-34-37-39-42-45-48-51-60-76-70-56-54-68(55-57-70)73-79-67(5)63-71(80-73)64-69(11-4)81-78-62-53-58-74(6,7)65-72(77-61-52-49-46-43-40-36-32-29-26-23-20-17-14-10-3)66-75-59-50-47-44-41-38-35-31-28-25-22-19-16-13-9-2;;;;;;;;;;;;;;;;;;;/h1,54-57,67,69,71-72H,9-11,13-14,16-17,19-20,22-23,25-26,28-29,31-32,35-36,38,40-41,43-44,46-47,49-50,52-53,58-59,61-66H2,2-7H3;19*1H/q+1;;;;;;;;;;;;;;;;;;;/p-1. The van der Waals surface area contributed by atoms with Crippen LogP contribution in [0.4, 0.5) is 0 Å². The second-order valence-electron chi connectivity index (χ2n) is 22.2. The van der Waals surface area contributed by atoms with Crippen molar-refractivity contribution in [3.05, 3.63) is 24.3 Å². The Morgan fingerprint density at radius 1 is 0.549 bits per heavy atom. The summed E-state index contributed by atoms with van der Waals surface area (Å²) in [5.74, 6) is 40.8. The van der Waals surface area contributed by atoms with Crippen molar-refractivity contribution in [1.82, 2.24) is 0 Å². The van der Waals surface area contributed by atoms with E-state index in [4.69, 9.17) is 39.7 Å². The van der Waals surface area contributed by atoms with Gasteiger partial charge in [0.15, 0.2) is 0 Å². The molecule has 82 heavy (non-hydrogen) atoms. The molecule has 2 rings (SSSR count). The van der Waals surface area contributed by atoms with Gasteiger partial charge in [0.2, 0.25) is 0 Å². The molecule has 484 valence electrons. The summed E-state index contributed by atoms with van der Waals surface area (Å²) >= 11 is 0. The number of hydrogen-bond acceptors (Lipinski definition) is 7. The quantitative estimate of drug-likeness (QED) is 0.0161. The van der Waals surface area contributed by atoms with Gasteiger partial charge in [-0.2, -0.15) is 0 Å². The van der Waals surface area contributed by atoms with Crippen molar-refractivity contribution in [3.8, 4) is 113 Å². The minimum atomic E-state index is -0.510. The summed E-state index contributed by atoms with van der Waals surface area (Å²) in [7, 11) is 4.09. The van der Waals surface area contributed by atoms with E-state index in [0.717, 1.165) is 68.4 Å². The third-order valence-corrected chi connectivity index (χ3v) is 14.3. The Kier molecular flexibility index (Phi) is 51.0. The van der Waals surface area contributed by atoms with Crippen LogP contribution in [0.3, 0.4) is 0 Å². The van der Waals surface area contributed by atoms with Crippen molar-refractivity contribution in [2.75, 3.05) is 53.6 Å². The maximum atomic E-state index is 6.61. The molecular weight excluding hydrogens is 1080 g/mol. The minimum Gasteiger partial charge on any atom is -1.00 e. The zero-order chi connectivity index (χ0) is 58.2. The Bertz CT molecular complexity index is 2410. The molecule has 4 unspecified atom stereocenters. The van der Waals surface area contributed by atoms with Crippen molar-refractivity contribution in [2.45, 2.75) is 258 Å². The van der Waals surface area contributed by atoms with Gasteiger partial charge in [0.05, 0.1) is 40.0 Å². The molecule has 1 fully saturated rings. The van der Waals surface area contributed by atoms with Crippen LogP contribution in [0.5, 0.6) is 5.75 Å². The topological polar surface area (TPSA) is 64.6 Å². The van der Waals surface area contributed by atoms with Crippen LogP contribution in [0.2, 0.25) is 0 Å². The summed E-state index contributed by atoms with van der Waals surface area (Å²) in [6.07, 6.45) is 48.8. The summed E-state index contributed by atoms with van der Waals surface area (Å²) in [6.45, 7) is 13.5. The number of nitrogens with zero attached hydrogens (tertiary/aromatic N) is 1. The van der Waals surface area contributed by atoms with E-state index >= 15 is 0 Å². The molecule has 0 N–H and O–H groups in total. The van der Waals surface area contributed by atoms with Crippen molar-refractivity contribution < 1.29 is 80.4 Å². The molecule has 1 saturated heterocycles. The van der Waals surface area contributed by atoms with Gasteiger partial charge in [0, 0.05) is 111 Å². The van der Waals surface area contributed by atoms with E-state index in [9.17, 15) is 0 Å². The molecule has 1 heterocycles. The minimum absolute atomic E-state index is 0. The summed E-state index contributed by atoms with van der Waals surface area (Å²) in [4.78, 5) is 11.9. The van der Waals surface area contributed by atoms with Crippen LogP contribution in [0, 0.1) is 107 Å². The van der Waals surface area contributed by atoms with Crippen molar-refractivity contribution >= 4 is 12.6 Å². The molecule has 1 aliphatic rings. The lowest BCUT2D eigenvalue weighted by Crippen LogP contribution is -3.00. The highest BCUT2D eigenvalue weighted by atomic mass is 79.9. The van der Waals surface area contributed by atoms with Crippen molar-refractivity contribution in [3.63, 3.8) is 0 Å². The summed E-state index contributed by atoms with van der Waals surface area (Å²) in [6, 6.07) is 7.50. The fourth-order valence-electron chi connectivity index (χ4n) is 9.67. The molecule has 0 aliphatic carbocycles. The number of rotatable bonds is 46. The number of quaternary nitrogens is 1. The zero-order valence-electron chi connectivity index (χ0n) is 51.8. The Morgan fingerprint density at radius 2 is 0.988 bits per heavy atom. The van der Waals surface area contributed by atoms with E-state index in [1.54, 1.807) is 0 Å². The van der Waals surface area contributed by atoms with Gasteiger partial charge < -0.3 is 45.0 Å². The largest absolute Gasteiger partial charge is 1.00 e. The van der Waals surface area contributed by atoms with Crippen LogP contribution in [0.15, 0.2) is 24.3 Å². The van der Waals surface area contributed by atoms with Gasteiger partial charge in [-0.1, -0.05) is 200 Å². The van der Waals surface area contributed by atoms with E-state index < -0.39 is 7.12 Å². The second kappa shape index (κ2) is 55.5. The molecule has 1 aromatic carbocycles. The number of ether oxygens (including phenoxy) is 3. The number of terminal acetylenes is 1. The highest BCUT2D eigenvalue weighted by Gasteiger charge is 2.35. The maximum absolute atomic E-state index is 6.61. The molecule has 0 aromatic heterocycles. The predicted molar refractivity (Wildman–Crippen MR) is 375 cm³/mol. The molecular formula is C72H139BBrNO7. The first-order chi connectivity index (χ1) is 39.8. The number of halogens is 1. The molecule has 8 nitrogen and oxygen atoms in total. The normalized spacial score (nSPS) is 13.8. The van der Waals surface area contributed by atoms with Crippen molar-refractivity contribution in [1.29, 1.82) is 0 Å². The van der Waals surface area contributed by atoms with E-state index in [0.29, 0.717) is 25.4 Å². The molecule has 4 atom stereocenters. The Labute approximate surface area is 539 Å². The van der Waals surface area contributed by atoms with Gasteiger partial charge in [-0.05, 0) is 97.6 Å². The lowest BCUT2D eigenvalue weighted by Gasteiger charge is -2.34. The highest BCUT2D eigenvalue weighted by Crippen LogP contribution is 2.23. The second-order valence-corrected chi connectivity index (χ2v) is 22.2. The smallest absolute Gasteiger partial charge is 0.494 e.